The van der Waals surface area contributed by atoms with Crippen molar-refractivity contribution in [3.05, 3.63) is 82.6 Å². The third-order valence-corrected chi connectivity index (χ3v) is 6.41. The molecule has 2 N–H and O–H groups in total. The van der Waals surface area contributed by atoms with Crippen molar-refractivity contribution < 1.29 is 8.42 Å². The van der Waals surface area contributed by atoms with E-state index in [1.807, 2.05) is 24.3 Å². The zero-order valence-corrected chi connectivity index (χ0v) is 17.3. The van der Waals surface area contributed by atoms with Gasteiger partial charge in [-0.1, -0.05) is 51.1 Å². The summed E-state index contributed by atoms with van der Waals surface area (Å²) in [5.74, 6) is 0. The van der Waals surface area contributed by atoms with Crippen LogP contribution in [0.15, 0.2) is 76.4 Å². The molecule has 0 amide bonds. The summed E-state index contributed by atoms with van der Waals surface area (Å²) in [5, 5.41) is 2.13. The maximum atomic E-state index is 12.8. The molecule has 0 saturated carbocycles. The molecular formula is C23H22N2O3S. The number of anilines is 1. The SMILES string of the molecule is CC(C)(C)c1ccc(S(=O)(=O)Nc2ccc3[nH]c(=O)c4ccccc4c3c2)cc1. The van der Waals surface area contributed by atoms with Crippen molar-refractivity contribution in [1.29, 1.82) is 0 Å². The summed E-state index contributed by atoms with van der Waals surface area (Å²) < 4.78 is 28.3. The highest BCUT2D eigenvalue weighted by Gasteiger charge is 2.18. The van der Waals surface area contributed by atoms with E-state index in [2.05, 4.69) is 30.5 Å². The van der Waals surface area contributed by atoms with Crippen molar-refractivity contribution in [1.82, 2.24) is 4.98 Å². The number of aromatic amines is 1. The number of benzene rings is 3. The maximum absolute atomic E-state index is 12.8. The molecule has 0 fully saturated rings. The van der Waals surface area contributed by atoms with Gasteiger partial charge in [0, 0.05) is 22.0 Å². The molecule has 4 rings (SSSR count). The zero-order valence-electron chi connectivity index (χ0n) is 16.5. The summed E-state index contributed by atoms with van der Waals surface area (Å²) >= 11 is 0. The van der Waals surface area contributed by atoms with Gasteiger partial charge in [0.2, 0.25) is 0 Å². The lowest BCUT2D eigenvalue weighted by Crippen LogP contribution is -2.15. The molecule has 3 aromatic carbocycles. The quantitative estimate of drug-likeness (QED) is 0.481. The first kappa shape index (κ1) is 19.2. The zero-order chi connectivity index (χ0) is 20.8. The highest BCUT2D eigenvalue weighted by Crippen LogP contribution is 2.27. The molecule has 4 aromatic rings. The molecular weight excluding hydrogens is 384 g/mol. The van der Waals surface area contributed by atoms with Crippen LogP contribution < -0.4 is 10.3 Å². The van der Waals surface area contributed by atoms with Crippen molar-refractivity contribution in [2.75, 3.05) is 4.72 Å². The molecule has 0 spiro atoms. The lowest BCUT2D eigenvalue weighted by Gasteiger charge is -2.19. The predicted octanol–water partition coefficient (Wildman–Crippen LogP) is 4.78. The third-order valence-electron chi connectivity index (χ3n) is 5.01. The van der Waals surface area contributed by atoms with Crippen LogP contribution in [0.25, 0.3) is 21.7 Å². The summed E-state index contributed by atoms with van der Waals surface area (Å²) in [4.78, 5) is 15.3. The van der Waals surface area contributed by atoms with Crippen LogP contribution in [0, 0.1) is 0 Å². The van der Waals surface area contributed by atoms with Crippen LogP contribution in [0.4, 0.5) is 5.69 Å². The number of rotatable bonds is 3. The number of hydrogen-bond donors (Lipinski definition) is 2. The fourth-order valence-electron chi connectivity index (χ4n) is 3.39. The molecule has 1 aromatic heterocycles. The molecule has 0 radical (unpaired) electrons. The molecule has 0 saturated heterocycles. The molecule has 29 heavy (non-hydrogen) atoms. The van der Waals surface area contributed by atoms with Crippen molar-refractivity contribution in [3.8, 4) is 0 Å². The summed E-state index contributed by atoms with van der Waals surface area (Å²) in [6.45, 7) is 6.25. The molecule has 0 atom stereocenters. The lowest BCUT2D eigenvalue weighted by molar-refractivity contribution is 0.587. The summed E-state index contributed by atoms with van der Waals surface area (Å²) in [5.41, 5.74) is 1.95. The van der Waals surface area contributed by atoms with Crippen LogP contribution in [-0.4, -0.2) is 13.4 Å². The lowest BCUT2D eigenvalue weighted by atomic mass is 9.87. The Labute approximate surface area is 169 Å². The average molecular weight is 407 g/mol. The smallest absolute Gasteiger partial charge is 0.261 e. The number of pyridine rings is 1. The first-order valence-corrected chi connectivity index (χ1v) is 10.8. The van der Waals surface area contributed by atoms with Crippen molar-refractivity contribution in [2.45, 2.75) is 31.1 Å². The Hall–Kier alpha value is -3.12. The highest BCUT2D eigenvalue weighted by atomic mass is 32.2. The van der Waals surface area contributed by atoms with E-state index in [1.54, 1.807) is 42.5 Å². The van der Waals surface area contributed by atoms with Crippen LogP contribution in [0.1, 0.15) is 26.3 Å². The largest absolute Gasteiger partial charge is 0.321 e. The molecule has 6 heteroatoms. The van der Waals surface area contributed by atoms with Crippen molar-refractivity contribution in [2.24, 2.45) is 0 Å². The van der Waals surface area contributed by atoms with Crippen LogP contribution >= 0.6 is 0 Å². The third kappa shape index (κ3) is 3.63. The van der Waals surface area contributed by atoms with E-state index >= 15 is 0 Å². The average Bonchev–Trinajstić information content (AvgIpc) is 2.68. The van der Waals surface area contributed by atoms with Gasteiger partial charge in [0.25, 0.3) is 15.6 Å². The van der Waals surface area contributed by atoms with E-state index in [0.717, 1.165) is 16.3 Å². The Morgan fingerprint density at radius 2 is 1.48 bits per heavy atom. The van der Waals surface area contributed by atoms with Crippen LogP contribution in [0.3, 0.4) is 0 Å². The molecule has 148 valence electrons. The number of nitrogens with one attached hydrogen (secondary N) is 2. The van der Waals surface area contributed by atoms with Gasteiger partial charge < -0.3 is 4.98 Å². The molecule has 5 nitrogen and oxygen atoms in total. The van der Waals surface area contributed by atoms with E-state index < -0.39 is 10.0 Å². The van der Waals surface area contributed by atoms with Gasteiger partial charge in [-0.05, 0) is 52.8 Å². The van der Waals surface area contributed by atoms with E-state index in [-0.39, 0.29) is 15.9 Å². The predicted molar refractivity (Wildman–Crippen MR) is 118 cm³/mol. The number of sulfonamides is 1. The minimum atomic E-state index is -3.73. The Bertz CT molecular complexity index is 1380. The number of fused-ring (bicyclic) bond motifs is 3. The normalized spacial score (nSPS) is 12.4. The molecule has 0 bridgehead atoms. The Morgan fingerprint density at radius 1 is 0.828 bits per heavy atom. The Kier molecular flexibility index (Phi) is 4.46. The van der Waals surface area contributed by atoms with E-state index in [0.29, 0.717) is 16.6 Å². The van der Waals surface area contributed by atoms with E-state index in [1.165, 1.54) is 0 Å². The fraction of sp³-hybridized carbons (Fsp3) is 0.174. The minimum Gasteiger partial charge on any atom is -0.321 e. The summed E-state index contributed by atoms with van der Waals surface area (Å²) in [6, 6.07) is 19.3. The first-order valence-electron chi connectivity index (χ1n) is 9.33. The van der Waals surface area contributed by atoms with E-state index in [4.69, 9.17) is 0 Å². The Balaban J connectivity index is 1.74. The van der Waals surface area contributed by atoms with Crippen LogP contribution in [0.2, 0.25) is 0 Å². The number of hydrogen-bond acceptors (Lipinski definition) is 3. The molecule has 1 heterocycles. The minimum absolute atomic E-state index is 0.0496. The molecule has 0 unspecified atom stereocenters. The Morgan fingerprint density at radius 3 is 2.14 bits per heavy atom. The van der Waals surface area contributed by atoms with Gasteiger partial charge in [0.1, 0.15) is 0 Å². The van der Waals surface area contributed by atoms with Crippen molar-refractivity contribution >= 4 is 37.4 Å². The maximum Gasteiger partial charge on any atom is 0.261 e. The van der Waals surface area contributed by atoms with Gasteiger partial charge in [0.05, 0.1) is 4.90 Å². The second-order valence-electron chi connectivity index (χ2n) is 8.14. The van der Waals surface area contributed by atoms with Crippen molar-refractivity contribution in [3.63, 3.8) is 0 Å². The monoisotopic (exact) mass is 406 g/mol. The molecule has 0 aliphatic carbocycles. The standard InChI is InChI=1S/C23H22N2O3S/c1-23(2,3)15-8-11-17(12-9-15)29(27,28)25-16-10-13-21-20(14-16)18-6-4-5-7-19(18)22(26)24-21/h4-14,25H,1-3H3,(H,24,26). The number of H-pyrrole nitrogens is 1. The highest BCUT2D eigenvalue weighted by molar-refractivity contribution is 7.92. The molecule has 0 aliphatic heterocycles. The fourth-order valence-corrected chi connectivity index (χ4v) is 4.44. The van der Waals surface area contributed by atoms with Crippen LogP contribution in [0.5, 0.6) is 0 Å². The van der Waals surface area contributed by atoms with Gasteiger partial charge in [-0.3, -0.25) is 9.52 Å². The first-order chi connectivity index (χ1) is 13.6. The van der Waals surface area contributed by atoms with Gasteiger partial charge in [-0.25, -0.2) is 8.42 Å². The second-order valence-corrected chi connectivity index (χ2v) is 9.82. The van der Waals surface area contributed by atoms with Gasteiger partial charge in [-0.15, -0.1) is 0 Å². The summed E-state index contributed by atoms with van der Waals surface area (Å²) in [7, 11) is -3.73. The molecule has 0 aliphatic rings. The van der Waals surface area contributed by atoms with E-state index in [9.17, 15) is 13.2 Å². The van der Waals surface area contributed by atoms with Crippen LogP contribution in [-0.2, 0) is 15.4 Å². The topological polar surface area (TPSA) is 79.0 Å². The number of aromatic nitrogens is 1. The van der Waals surface area contributed by atoms with Gasteiger partial charge in [-0.2, -0.15) is 0 Å². The summed E-state index contributed by atoms with van der Waals surface area (Å²) in [6.07, 6.45) is 0. The second kappa shape index (κ2) is 6.74. The van der Waals surface area contributed by atoms with Gasteiger partial charge in [0.15, 0.2) is 0 Å². The van der Waals surface area contributed by atoms with Gasteiger partial charge >= 0.3 is 0 Å².